The summed E-state index contributed by atoms with van der Waals surface area (Å²) in [7, 11) is 0. The van der Waals surface area contributed by atoms with Gasteiger partial charge in [-0.25, -0.2) is 0 Å². The summed E-state index contributed by atoms with van der Waals surface area (Å²) in [6.07, 6.45) is 1.80. The number of amides is 1. The van der Waals surface area contributed by atoms with Crippen molar-refractivity contribution in [2.45, 2.75) is 36.8 Å². The van der Waals surface area contributed by atoms with Crippen LogP contribution in [0.3, 0.4) is 0 Å². The molecule has 128 valence electrons. The summed E-state index contributed by atoms with van der Waals surface area (Å²) in [4.78, 5) is 13.3. The second kappa shape index (κ2) is 10.0. The Kier molecular flexibility index (Phi) is 7.69. The van der Waals surface area contributed by atoms with E-state index in [0.29, 0.717) is 13.2 Å². The van der Waals surface area contributed by atoms with E-state index in [0.717, 1.165) is 23.5 Å². The quantitative estimate of drug-likeness (QED) is 0.544. The van der Waals surface area contributed by atoms with Gasteiger partial charge in [-0.05, 0) is 50.5 Å². The van der Waals surface area contributed by atoms with Gasteiger partial charge >= 0.3 is 0 Å². The Morgan fingerprint density at radius 3 is 2.58 bits per heavy atom. The zero-order valence-electron chi connectivity index (χ0n) is 14.3. The van der Waals surface area contributed by atoms with Crippen LogP contribution in [0.5, 0.6) is 5.75 Å². The molecule has 3 nitrogen and oxygen atoms in total. The van der Waals surface area contributed by atoms with Gasteiger partial charge in [0.05, 0.1) is 11.9 Å². The molecule has 4 heteroatoms. The summed E-state index contributed by atoms with van der Waals surface area (Å²) in [6.45, 7) is 5.28. The molecule has 1 N–H and O–H groups in total. The molecular weight excluding hydrogens is 318 g/mol. The Labute approximate surface area is 148 Å². The van der Waals surface area contributed by atoms with E-state index >= 15 is 0 Å². The number of thioether (sulfide) groups is 1. The molecule has 24 heavy (non-hydrogen) atoms. The summed E-state index contributed by atoms with van der Waals surface area (Å²) in [5.41, 5.74) is 1.19. The van der Waals surface area contributed by atoms with Crippen LogP contribution in [0.4, 0.5) is 0 Å². The molecule has 0 unspecified atom stereocenters. The van der Waals surface area contributed by atoms with Gasteiger partial charge < -0.3 is 10.1 Å². The van der Waals surface area contributed by atoms with Crippen molar-refractivity contribution in [3.63, 3.8) is 0 Å². The van der Waals surface area contributed by atoms with Crippen LogP contribution in [0.2, 0.25) is 0 Å². The summed E-state index contributed by atoms with van der Waals surface area (Å²) < 4.78 is 5.63. The van der Waals surface area contributed by atoms with E-state index in [1.54, 1.807) is 11.8 Å². The fourth-order valence-electron chi connectivity index (χ4n) is 2.40. The Hall–Kier alpha value is -1.94. The summed E-state index contributed by atoms with van der Waals surface area (Å²) >= 11 is 1.58. The molecule has 1 atom stereocenters. The van der Waals surface area contributed by atoms with Gasteiger partial charge in [0.1, 0.15) is 5.75 Å². The summed E-state index contributed by atoms with van der Waals surface area (Å²) in [5, 5.41) is 2.93. The molecule has 0 aliphatic heterocycles. The van der Waals surface area contributed by atoms with Crippen molar-refractivity contribution in [3.8, 4) is 5.75 Å². The monoisotopic (exact) mass is 343 g/mol. The molecule has 2 rings (SSSR count). The van der Waals surface area contributed by atoms with Crippen molar-refractivity contribution in [1.29, 1.82) is 0 Å². The van der Waals surface area contributed by atoms with Gasteiger partial charge in [-0.1, -0.05) is 36.4 Å². The maximum atomic E-state index is 12.2. The molecule has 0 aromatic heterocycles. The number of hydrogen-bond donors (Lipinski definition) is 1. The summed E-state index contributed by atoms with van der Waals surface area (Å²) in [6, 6.07) is 18.1. The number of carbonyl (C=O) groups is 1. The molecule has 0 bridgehead atoms. The molecule has 1 amide bonds. The smallest absolute Gasteiger partial charge is 0.233 e. The Morgan fingerprint density at radius 1 is 1.12 bits per heavy atom. The van der Waals surface area contributed by atoms with E-state index in [1.165, 1.54) is 5.56 Å². The molecule has 0 aliphatic carbocycles. The normalized spacial score (nSPS) is 11.8. The minimum absolute atomic E-state index is 0.0851. The number of benzene rings is 2. The van der Waals surface area contributed by atoms with Gasteiger partial charge in [0.2, 0.25) is 5.91 Å². The van der Waals surface area contributed by atoms with E-state index in [9.17, 15) is 4.79 Å². The number of para-hydroxylation sites is 1. The first-order valence-electron chi connectivity index (χ1n) is 8.41. The second-order valence-corrected chi connectivity index (χ2v) is 6.92. The van der Waals surface area contributed by atoms with Crippen molar-refractivity contribution < 1.29 is 9.53 Å². The maximum absolute atomic E-state index is 12.2. The van der Waals surface area contributed by atoms with Gasteiger partial charge in [-0.2, -0.15) is 0 Å². The number of rotatable bonds is 9. The number of carbonyl (C=O) groups excluding carboxylic acids is 1. The lowest BCUT2D eigenvalue weighted by atomic mass is 10.1. The van der Waals surface area contributed by atoms with E-state index in [4.69, 9.17) is 4.74 Å². The third kappa shape index (κ3) is 5.93. The minimum Gasteiger partial charge on any atom is -0.494 e. The number of ether oxygens (including phenoxy) is 1. The van der Waals surface area contributed by atoms with Crippen LogP contribution in [-0.2, 0) is 11.2 Å². The predicted octanol–water partition coefficient (Wildman–Crippen LogP) is 4.31. The average molecular weight is 343 g/mol. The molecular formula is C20H25NO2S. The van der Waals surface area contributed by atoms with Crippen molar-refractivity contribution >= 4 is 17.7 Å². The lowest BCUT2D eigenvalue weighted by molar-refractivity contribution is -0.120. The van der Waals surface area contributed by atoms with E-state index in [2.05, 4.69) is 11.4 Å². The molecule has 0 saturated heterocycles. The van der Waals surface area contributed by atoms with Crippen LogP contribution in [0.15, 0.2) is 59.5 Å². The van der Waals surface area contributed by atoms with Crippen LogP contribution in [0.1, 0.15) is 25.8 Å². The highest BCUT2D eigenvalue weighted by Crippen LogP contribution is 2.22. The van der Waals surface area contributed by atoms with Crippen LogP contribution in [0, 0.1) is 0 Å². The molecule has 0 fully saturated rings. The third-order valence-electron chi connectivity index (χ3n) is 3.62. The molecule has 0 radical (unpaired) electrons. The predicted molar refractivity (Wildman–Crippen MR) is 101 cm³/mol. The van der Waals surface area contributed by atoms with Gasteiger partial charge in [-0.15, -0.1) is 11.8 Å². The lowest BCUT2D eigenvalue weighted by Crippen LogP contribution is -2.31. The largest absolute Gasteiger partial charge is 0.494 e. The van der Waals surface area contributed by atoms with E-state index in [1.807, 2.05) is 62.4 Å². The molecule has 2 aromatic rings. The van der Waals surface area contributed by atoms with Gasteiger partial charge in [0.15, 0.2) is 0 Å². The highest BCUT2D eigenvalue weighted by atomic mass is 32.2. The SMILES string of the molecule is CCOc1ccccc1CCCNC(=O)[C@@H](C)Sc1ccccc1. The summed E-state index contributed by atoms with van der Waals surface area (Å²) in [5.74, 6) is 1.03. The fourth-order valence-corrected chi connectivity index (χ4v) is 3.31. The van der Waals surface area contributed by atoms with Crippen molar-refractivity contribution in [1.82, 2.24) is 5.32 Å². The van der Waals surface area contributed by atoms with Gasteiger partial charge in [0, 0.05) is 11.4 Å². The van der Waals surface area contributed by atoms with Gasteiger partial charge in [0.25, 0.3) is 0 Å². The highest BCUT2D eigenvalue weighted by Gasteiger charge is 2.13. The van der Waals surface area contributed by atoms with Crippen molar-refractivity contribution in [2.75, 3.05) is 13.2 Å². The number of aryl methyl sites for hydroxylation is 1. The second-order valence-electron chi connectivity index (χ2n) is 5.51. The highest BCUT2D eigenvalue weighted by molar-refractivity contribution is 8.00. The third-order valence-corrected chi connectivity index (χ3v) is 4.73. The molecule has 0 saturated carbocycles. The van der Waals surface area contributed by atoms with Crippen molar-refractivity contribution in [3.05, 3.63) is 60.2 Å². The van der Waals surface area contributed by atoms with Crippen molar-refractivity contribution in [2.24, 2.45) is 0 Å². The Balaban J connectivity index is 1.73. The first kappa shape index (κ1) is 18.4. The first-order chi connectivity index (χ1) is 11.7. The average Bonchev–Trinajstić information content (AvgIpc) is 2.61. The van der Waals surface area contributed by atoms with Crippen LogP contribution in [0.25, 0.3) is 0 Å². The lowest BCUT2D eigenvalue weighted by Gasteiger charge is -2.13. The zero-order chi connectivity index (χ0) is 17.2. The fraction of sp³-hybridized carbons (Fsp3) is 0.350. The molecule has 0 heterocycles. The Bertz CT molecular complexity index is 631. The maximum Gasteiger partial charge on any atom is 0.233 e. The number of nitrogens with one attached hydrogen (secondary N) is 1. The molecule has 2 aromatic carbocycles. The molecule has 0 spiro atoms. The van der Waals surface area contributed by atoms with E-state index in [-0.39, 0.29) is 11.2 Å². The number of hydrogen-bond acceptors (Lipinski definition) is 3. The standard InChI is InChI=1S/C20H25NO2S/c1-3-23-19-14-8-7-10-17(19)11-9-15-21-20(22)16(2)24-18-12-5-4-6-13-18/h4-8,10,12-14,16H,3,9,11,15H2,1-2H3,(H,21,22)/t16-/m1/s1. The minimum atomic E-state index is -0.0943. The topological polar surface area (TPSA) is 38.3 Å². The van der Waals surface area contributed by atoms with Crippen LogP contribution >= 0.6 is 11.8 Å². The first-order valence-corrected chi connectivity index (χ1v) is 9.28. The van der Waals surface area contributed by atoms with Crippen LogP contribution in [-0.4, -0.2) is 24.3 Å². The Morgan fingerprint density at radius 2 is 1.83 bits per heavy atom. The van der Waals surface area contributed by atoms with Gasteiger partial charge in [-0.3, -0.25) is 4.79 Å². The van der Waals surface area contributed by atoms with E-state index < -0.39 is 0 Å². The van der Waals surface area contributed by atoms with Crippen LogP contribution < -0.4 is 10.1 Å². The molecule has 0 aliphatic rings. The zero-order valence-corrected chi connectivity index (χ0v) is 15.1.